The van der Waals surface area contributed by atoms with Gasteiger partial charge in [0.15, 0.2) is 0 Å². The molecule has 1 aromatic heterocycles. The molecule has 0 aliphatic heterocycles. The summed E-state index contributed by atoms with van der Waals surface area (Å²) in [6, 6.07) is 12.2. The molecule has 1 unspecified atom stereocenters. The van der Waals surface area contributed by atoms with Gasteiger partial charge < -0.3 is 10.1 Å². The molecule has 0 saturated carbocycles. The minimum atomic E-state index is 0.312. The summed E-state index contributed by atoms with van der Waals surface area (Å²) in [5, 5.41) is 3.91. The van der Waals surface area contributed by atoms with E-state index in [1.54, 1.807) is 13.3 Å². The molecule has 1 aromatic carbocycles. The Kier molecular flexibility index (Phi) is 4.63. The van der Waals surface area contributed by atoms with Crippen LogP contribution in [-0.2, 0) is 6.42 Å². The van der Waals surface area contributed by atoms with E-state index in [9.17, 15) is 0 Å². The third kappa shape index (κ3) is 4.14. The van der Waals surface area contributed by atoms with E-state index in [0.717, 1.165) is 17.9 Å². The molecule has 0 saturated heterocycles. The smallest absolute Gasteiger partial charge is 0.131 e. The van der Waals surface area contributed by atoms with Gasteiger partial charge in [0.25, 0.3) is 0 Å². The van der Waals surface area contributed by atoms with Crippen LogP contribution in [0.15, 0.2) is 42.6 Å². The number of hydrogen-bond acceptors (Lipinski definition) is 3. The highest BCUT2D eigenvalue weighted by Crippen LogP contribution is 2.16. The first-order chi connectivity index (χ1) is 9.17. The topological polar surface area (TPSA) is 34.1 Å². The van der Waals surface area contributed by atoms with Crippen LogP contribution >= 0.6 is 11.6 Å². The van der Waals surface area contributed by atoms with Crippen molar-refractivity contribution in [2.75, 3.05) is 12.4 Å². The monoisotopic (exact) mass is 276 g/mol. The van der Waals surface area contributed by atoms with Gasteiger partial charge in [0.05, 0.1) is 7.11 Å². The maximum atomic E-state index is 5.86. The molecule has 0 radical (unpaired) electrons. The zero-order valence-electron chi connectivity index (χ0n) is 11.1. The fraction of sp³-hybridized carbons (Fsp3) is 0.267. The van der Waals surface area contributed by atoms with Crippen LogP contribution in [0, 0.1) is 0 Å². The highest BCUT2D eigenvalue weighted by molar-refractivity contribution is 6.29. The Morgan fingerprint density at radius 1 is 1.26 bits per heavy atom. The van der Waals surface area contributed by atoms with Crippen molar-refractivity contribution in [2.24, 2.45) is 0 Å². The molecule has 4 heteroatoms. The minimum absolute atomic E-state index is 0.312. The van der Waals surface area contributed by atoms with Crippen LogP contribution < -0.4 is 10.1 Å². The number of methoxy groups -OCH3 is 1. The molecule has 3 nitrogen and oxygen atoms in total. The van der Waals surface area contributed by atoms with Crippen LogP contribution in [0.2, 0.25) is 5.15 Å². The largest absolute Gasteiger partial charge is 0.497 e. The van der Waals surface area contributed by atoms with Gasteiger partial charge in [-0.15, -0.1) is 0 Å². The molecule has 0 spiro atoms. The molecule has 100 valence electrons. The van der Waals surface area contributed by atoms with Crippen LogP contribution in [0.1, 0.15) is 12.5 Å². The van der Waals surface area contributed by atoms with Crippen molar-refractivity contribution in [3.8, 4) is 5.75 Å². The summed E-state index contributed by atoms with van der Waals surface area (Å²) in [6.45, 7) is 2.14. The molecule has 0 aliphatic carbocycles. The third-order valence-electron chi connectivity index (χ3n) is 2.84. The number of nitrogens with one attached hydrogen (secondary N) is 1. The number of hydrogen-bond donors (Lipinski definition) is 1. The Hall–Kier alpha value is -1.74. The fourth-order valence-corrected chi connectivity index (χ4v) is 2.12. The quantitative estimate of drug-likeness (QED) is 0.844. The van der Waals surface area contributed by atoms with Crippen LogP contribution in [0.4, 0.5) is 5.69 Å². The van der Waals surface area contributed by atoms with E-state index >= 15 is 0 Å². The van der Waals surface area contributed by atoms with Gasteiger partial charge in [-0.2, -0.15) is 0 Å². The lowest BCUT2D eigenvalue weighted by Crippen LogP contribution is -2.18. The number of ether oxygens (including phenoxy) is 1. The van der Waals surface area contributed by atoms with Crippen molar-refractivity contribution < 1.29 is 4.74 Å². The lowest BCUT2D eigenvalue weighted by molar-refractivity contribution is 0.414. The molecular weight excluding hydrogens is 260 g/mol. The van der Waals surface area contributed by atoms with Gasteiger partial charge in [0, 0.05) is 17.9 Å². The zero-order chi connectivity index (χ0) is 13.7. The Balaban J connectivity index is 1.95. The van der Waals surface area contributed by atoms with E-state index in [-0.39, 0.29) is 0 Å². The molecule has 0 amide bonds. The standard InChI is InChI=1S/C15H17ClN2O/c1-11(18-13-7-8-17-15(16)10-13)9-12-3-5-14(19-2)6-4-12/h3-8,10-11H,9H2,1-2H3,(H,17,18). The summed E-state index contributed by atoms with van der Waals surface area (Å²) in [7, 11) is 1.67. The number of anilines is 1. The van der Waals surface area contributed by atoms with Crippen molar-refractivity contribution in [3.63, 3.8) is 0 Å². The molecule has 2 rings (SSSR count). The maximum Gasteiger partial charge on any atom is 0.131 e. The van der Waals surface area contributed by atoms with E-state index in [4.69, 9.17) is 16.3 Å². The van der Waals surface area contributed by atoms with Gasteiger partial charge in [0.2, 0.25) is 0 Å². The van der Waals surface area contributed by atoms with Crippen molar-refractivity contribution in [1.29, 1.82) is 0 Å². The highest BCUT2D eigenvalue weighted by Gasteiger charge is 2.04. The van der Waals surface area contributed by atoms with Crippen molar-refractivity contribution >= 4 is 17.3 Å². The second kappa shape index (κ2) is 6.43. The fourth-order valence-electron chi connectivity index (χ4n) is 1.94. The van der Waals surface area contributed by atoms with Gasteiger partial charge in [-0.25, -0.2) is 4.98 Å². The Labute approximate surface area is 118 Å². The number of pyridine rings is 1. The molecule has 1 N–H and O–H groups in total. The van der Waals surface area contributed by atoms with Gasteiger partial charge in [0.1, 0.15) is 10.9 Å². The van der Waals surface area contributed by atoms with Crippen molar-refractivity contribution in [2.45, 2.75) is 19.4 Å². The molecule has 0 bridgehead atoms. The van der Waals surface area contributed by atoms with E-state index in [1.807, 2.05) is 24.3 Å². The van der Waals surface area contributed by atoms with Gasteiger partial charge >= 0.3 is 0 Å². The number of nitrogens with zero attached hydrogens (tertiary/aromatic N) is 1. The van der Waals surface area contributed by atoms with Gasteiger partial charge in [-0.05, 0) is 43.2 Å². The first kappa shape index (κ1) is 13.7. The molecule has 1 atom stereocenters. The van der Waals surface area contributed by atoms with E-state index in [2.05, 4.69) is 29.4 Å². The molecule has 1 heterocycles. The first-order valence-electron chi connectivity index (χ1n) is 6.18. The van der Waals surface area contributed by atoms with Crippen LogP contribution in [-0.4, -0.2) is 18.1 Å². The molecule has 0 aliphatic rings. The summed E-state index contributed by atoms with van der Waals surface area (Å²) in [5.74, 6) is 0.880. The summed E-state index contributed by atoms with van der Waals surface area (Å²) < 4.78 is 5.15. The van der Waals surface area contributed by atoms with Crippen LogP contribution in [0.25, 0.3) is 0 Å². The van der Waals surface area contributed by atoms with Gasteiger partial charge in [-0.1, -0.05) is 23.7 Å². The summed E-state index contributed by atoms with van der Waals surface area (Å²) in [4.78, 5) is 3.96. The summed E-state index contributed by atoms with van der Waals surface area (Å²) in [5.41, 5.74) is 2.25. The minimum Gasteiger partial charge on any atom is -0.497 e. The van der Waals surface area contributed by atoms with Crippen LogP contribution in [0.3, 0.4) is 0 Å². The summed E-state index contributed by atoms with van der Waals surface area (Å²) in [6.07, 6.45) is 2.63. The predicted molar refractivity (Wildman–Crippen MR) is 79.0 cm³/mol. The normalized spacial score (nSPS) is 11.9. The zero-order valence-corrected chi connectivity index (χ0v) is 11.8. The second-order valence-corrected chi connectivity index (χ2v) is 4.85. The Bertz CT molecular complexity index is 528. The predicted octanol–water partition coefficient (Wildman–Crippen LogP) is 3.79. The van der Waals surface area contributed by atoms with E-state index in [0.29, 0.717) is 11.2 Å². The van der Waals surface area contributed by atoms with Gasteiger partial charge in [-0.3, -0.25) is 0 Å². The number of rotatable bonds is 5. The molecule has 2 aromatic rings. The average Bonchev–Trinajstić information content (AvgIpc) is 2.39. The lowest BCUT2D eigenvalue weighted by Gasteiger charge is -2.15. The number of halogens is 1. The van der Waals surface area contributed by atoms with Crippen LogP contribution in [0.5, 0.6) is 5.75 Å². The summed E-state index contributed by atoms with van der Waals surface area (Å²) >= 11 is 5.86. The number of aromatic nitrogens is 1. The van der Waals surface area contributed by atoms with E-state index in [1.165, 1.54) is 5.56 Å². The van der Waals surface area contributed by atoms with Crippen molar-refractivity contribution in [1.82, 2.24) is 4.98 Å². The second-order valence-electron chi connectivity index (χ2n) is 4.46. The first-order valence-corrected chi connectivity index (χ1v) is 6.56. The Morgan fingerprint density at radius 3 is 2.63 bits per heavy atom. The average molecular weight is 277 g/mol. The third-order valence-corrected chi connectivity index (χ3v) is 3.05. The molecule has 19 heavy (non-hydrogen) atoms. The van der Waals surface area contributed by atoms with Crippen molar-refractivity contribution in [3.05, 3.63) is 53.3 Å². The number of benzene rings is 1. The highest BCUT2D eigenvalue weighted by atomic mass is 35.5. The molecule has 0 fully saturated rings. The maximum absolute atomic E-state index is 5.86. The Morgan fingerprint density at radius 2 is 2.00 bits per heavy atom. The SMILES string of the molecule is COc1ccc(CC(C)Nc2ccnc(Cl)c2)cc1. The van der Waals surface area contributed by atoms with E-state index < -0.39 is 0 Å². The molecular formula is C15H17ClN2O. The lowest BCUT2D eigenvalue weighted by atomic mass is 10.1.